The van der Waals surface area contributed by atoms with Crippen LogP contribution in [-0.4, -0.2) is 46.5 Å². The molecule has 1 fully saturated rings. The highest BCUT2D eigenvalue weighted by molar-refractivity contribution is 9.10. The van der Waals surface area contributed by atoms with E-state index in [1.165, 1.54) is 13.2 Å². The SMILES string of the molecule is COc1cc(Br)cc([C@H]2C3=CC[C@@H]4C(=O)N(C(N)=O)C(=O)[C@@H]4[C@@H]3CC3=C2C(=O)C(C)=CC3=O)c1O. The maximum atomic E-state index is 13.4. The highest BCUT2D eigenvalue weighted by Gasteiger charge is 2.57. The van der Waals surface area contributed by atoms with Crippen LogP contribution in [0.3, 0.4) is 0 Å². The number of urea groups is 1. The average Bonchev–Trinajstić information content (AvgIpc) is 3.07. The van der Waals surface area contributed by atoms with Gasteiger partial charge in [0.25, 0.3) is 0 Å². The molecular weight excluding hydrogens is 520 g/mol. The van der Waals surface area contributed by atoms with Crippen molar-refractivity contribution in [1.82, 2.24) is 4.90 Å². The molecule has 0 radical (unpaired) electrons. The number of fused-ring (bicyclic) bond motifs is 3. The molecule has 1 saturated heterocycles. The summed E-state index contributed by atoms with van der Waals surface area (Å²) in [6, 6.07) is 2.08. The summed E-state index contributed by atoms with van der Waals surface area (Å²) in [5.74, 6) is -5.24. The number of ether oxygens (including phenoxy) is 1. The Morgan fingerprint density at radius 1 is 1.17 bits per heavy atom. The van der Waals surface area contributed by atoms with Crippen LogP contribution >= 0.6 is 15.9 Å². The molecule has 1 aromatic carbocycles. The number of Topliss-reactive ketones (excluding diaryl/α,β-unsaturated/α-hetero) is 1. The number of aromatic hydroxyl groups is 1. The van der Waals surface area contributed by atoms with Crippen molar-refractivity contribution in [3.05, 3.63) is 56.6 Å². The number of phenolic OH excluding ortho intramolecular Hbond substituents is 1. The molecule has 4 amide bonds. The summed E-state index contributed by atoms with van der Waals surface area (Å²) in [5, 5.41) is 11.1. The fraction of sp³-hybridized carbons (Fsp3) is 0.320. The number of carbonyl (C=O) groups excluding carboxylic acids is 5. The first-order valence-corrected chi connectivity index (χ1v) is 11.8. The quantitative estimate of drug-likeness (QED) is 0.333. The highest BCUT2D eigenvalue weighted by Crippen LogP contribution is 2.57. The largest absolute Gasteiger partial charge is 0.504 e. The zero-order chi connectivity index (χ0) is 25.3. The molecule has 1 aromatic rings. The van der Waals surface area contributed by atoms with Gasteiger partial charge < -0.3 is 15.6 Å². The Morgan fingerprint density at radius 3 is 2.54 bits per heavy atom. The van der Waals surface area contributed by atoms with Gasteiger partial charge in [0.05, 0.1) is 18.9 Å². The molecule has 4 aliphatic rings. The zero-order valence-corrected chi connectivity index (χ0v) is 20.4. The second-order valence-electron chi connectivity index (χ2n) is 9.12. The molecule has 0 spiro atoms. The van der Waals surface area contributed by atoms with Crippen molar-refractivity contribution in [2.45, 2.75) is 25.7 Å². The Kier molecular flexibility index (Phi) is 5.32. The number of methoxy groups -OCH3 is 1. The van der Waals surface area contributed by atoms with Gasteiger partial charge in [-0.3, -0.25) is 19.2 Å². The second kappa shape index (κ2) is 8.01. The van der Waals surface area contributed by atoms with E-state index in [9.17, 15) is 29.1 Å². The van der Waals surface area contributed by atoms with Crippen molar-refractivity contribution in [1.29, 1.82) is 0 Å². The van der Waals surface area contributed by atoms with Crippen LogP contribution in [0.2, 0.25) is 0 Å². The normalized spacial score (nSPS) is 27.8. The summed E-state index contributed by atoms with van der Waals surface area (Å²) in [5.41, 5.74) is 7.05. The molecule has 0 aromatic heterocycles. The first-order valence-electron chi connectivity index (χ1n) is 11.0. The number of amides is 4. The van der Waals surface area contributed by atoms with E-state index in [-0.39, 0.29) is 52.6 Å². The molecule has 1 heterocycles. The number of nitrogens with two attached hydrogens (primary N) is 1. The molecule has 9 nitrogen and oxygen atoms in total. The number of hydrogen-bond donors (Lipinski definition) is 2. The third-order valence-electron chi connectivity index (χ3n) is 7.39. The van der Waals surface area contributed by atoms with Crippen LogP contribution in [0.25, 0.3) is 0 Å². The van der Waals surface area contributed by atoms with E-state index in [1.54, 1.807) is 25.1 Å². The van der Waals surface area contributed by atoms with E-state index < -0.39 is 41.5 Å². The summed E-state index contributed by atoms with van der Waals surface area (Å²) in [6.45, 7) is 1.56. The number of phenols is 1. The van der Waals surface area contributed by atoms with Gasteiger partial charge in [-0.05, 0) is 43.9 Å². The Morgan fingerprint density at radius 2 is 1.89 bits per heavy atom. The minimum absolute atomic E-state index is 0.0602. The van der Waals surface area contributed by atoms with Crippen molar-refractivity contribution in [3.63, 3.8) is 0 Å². The lowest BCUT2D eigenvalue weighted by atomic mass is 9.59. The van der Waals surface area contributed by atoms with Crippen LogP contribution in [-0.2, 0) is 19.2 Å². The van der Waals surface area contributed by atoms with Gasteiger partial charge in [0.1, 0.15) is 0 Å². The number of benzene rings is 1. The monoisotopic (exact) mass is 540 g/mol. The van der Waals surface area contributed by atoms with Crippen LogP contribution < -0.4 is 10.5 Å². The van der Waals surface area contributed by atoms with Gasteiger partial charge in [-0.1, -0.05) is 27.6 Å². The molecule has 0 bridgehead atoms. The molecule has 0 saturated carbocycles. The molecule has 1 aliphatic heterocycles. The summed E-state index contributed by atoms with van der Waals surface area (Å²) >= 11 is 3.41. The molecular formula is C25H21BrN2O7. The Hall–Kier alpha value is -3.53. The molecule has 180 valence electrons. The van der Waals surface area contributed by atoms with Crippen molar-refractivity contribution < 1.29 is 33.8 Å². The maximum absolute atomic E-state index is 13.4. The smallest absolute Gasteiger partial charge is 0.328 e. The number of primary amides is 1. The number of hydrogen-bond acceptors (Lipinski definition) is 7. The topological polar surface area (TPSA) is 144 Å². The highest BCUT2D eigenvalue weighted by atomic mass is 79.9. The first-order chi connectivity index (χ1) is 16.6. The molecule has 5 rings (SSSR count). The number of imide groups is 3. The average molecular weight is 541 g/mol. The van der Waals surface area contributed by atoms with Crippen molar-refractivity contribution in [3.8, 4) is 11.5 Å². The van der Waals surface area contributed by atoms with E-state index in [2.05, 4.69) is 15.9 Å². The van der Waals surface area contributed by atoms with Crippen molar-refractivity contribution >= 4 is 45.3 Å². The van der Waals surface area contributed by atoms with E-state index in [4.69, 9.17) is 10.5 Å². The fourth-order valence-electron chi connectivity index (χ4n) is 5.90. The lowest BCUT2D eigenvalue weighted by Gasteiger charge is -2.42. The van der Waals surface area contributed by atoms with Crippen LogP contribution in [0, 0.1) is 17.8 Å². The molecule has 3 aliphatic carbocycles. The van der Waals surface area contributed by atoms with Crippen LogP contribution in [0.15, 0.2) is 51.0 Å². The van der Waals surface area contributed by atoms with Crippen LogP contribution in [0.1, 0.15) is 31.2 Å². The second-order valence-corrected chi connectivity index (χ2v) is 10.0. The number of halogens is 1. The van der Waals surface area contributed by atoms with Gasteiger partial charge in [0.2, 0.25) is 11.8 Å². The number of ketones is 2. The van der Waals surface area contributed by atoms with E-state index in [1.807, 2.05) is 0 Å². The number of rotatable bonds is 2. The summed E-state index contributed by atoms with van der Waals surface area (Å²) in [4.78, 5) is 64.8. The van der Waals surface area contributed by atoms with E-state index >= 15 is 0 Å². The maximum Gasteiger partial charge on any atom is 0.328 e. The first kappa shape index (κ1) is 23.2. The Balaban J connectivity index is 1.75. The molecule has 4 atom stereocenters. The third-order valence-corrected chi connectivity index (χ3v) is 7.84. The van der Waals surface area contributed by atoms with Gasteiger partial charge in [-0.15, -0.1) is 0 Å². The van der Waals surface area contributed by atoms with Gasteiger partial charge in [0, 0.05) is 32.7 Å². The number of nitrogens with zero attached hydrogens (tertiary/aromatic N) is 1. The molecule has 10 heteroatoms. The standard InChI is InChI=1S/C25H21BrN2O7/c1-9-5-16(29)14-8-13-11(3-4-12-19(13)24(33)28(23(12)32)25(27)34)18(20(14)21(9)30)15-6-10(26)7-17(35-2)22(15)31/h3,5-7,12-13,18-19,31H,4,8H2,1-2H3,(H2,27,34)/t12-,13+,18+,19-/m0/s1. The minimum Gasteiger partial charge on any atom is -0.504 e. The summed E-state index contributed by atoms with van der Waals surface area (Å²) in [6.07, 6.45) is 3.28. The number of allylic oxidation sites excluding steroid dienone is 6. The van der Waals surface area contributed by atoms with Gasteiger partial charge in [0.15, 0.2) is 23.1 Å². The van der Waals surface area contributed by atoms with Crippen molar-refractivity contribution in [2.24, 2.45) is 23.5 Å². The van der Waals surface area contributed by atoms with Crippen LogP contribution in [0.4, 0.5) is 4.79 Å². The predicted octanol–water partition coefficient (Wildman–Crippen LogP) is 2.67. The predicted molar refractivity (Wildman–Crippen MR) is 125 cm³/mol. The summed E-state index contributed by atoms with van der Waals surface area (Å²) in [7, 11) is 1.40. The van der Waals surface area contributed by atoms with Crippen molar-refractivity contribution in [2.75, 3.05) is 7.11 Å². The Bertz CT molecular complexity index is 1360. The summed E-state index contributed by atoms with van der Waals surface area (Å²) < 4.78 is 5.88. The molecule has 35 heavy (non-hydrogen) atoms. The molecule has 0 unspecified atom stereocenters. The fourth-order valence-corrected chi connectivity index (χ4v) is 6.36. The third kappa shape index (κ3) is 3.23. The van der Waals surface area contributed by atoms with Gasteiger partial charge >= 0.3 is 6.03 Å². The van der Waals surface area contributed by atoms with Gasteiger partial charge in [-0.25, -0.2) is 4.79 Å². The molecule has 3 N–H and O–H groups in total. The zero-order valence-electron chi connectivity index (χ0n) is 18.8. The number of likely N-dealkylation sites (tertiary alicyclic amines) is 1. The van der Waals surface area contributed by atoms with E-state index in [0.29, 0.717) is 20.5 Å². The lowest BCUT2D eigenvalue weighted by Crippen LogP contribution is -2.42. The van der Waals surface area contributed by atoms with E-state index in [0.717, 1.165) is 0 Å². The lowest BCUT2D eigenvalue weighted by molar-refractivity contribution is -0.136. The number of carbonyl (C=O) groups is 5. The van der Waals surface area contributed by atoms with Crippen LogP contribution in [0.5, 0.6) is 11.5 Å². The minimum atomic E-state index is -1.14. The van der Waals surface area contributed by atoms with Gasteiger partial charge in [-0.2, -0.15) is 4.90 Å². The Labute approximate surface area is 208 Å².